The summed E-state index contributed by atoms with van der Waals surface area (Å²) >= 11 is 0. The van der Waals surface area contributed by atoms with E-state index in [-0.39, 0.29) is 5.91 Å². The largest absolute Gasteiger partial charge is 0.384 e. The van der Waals surface area contributed by atoms with E-state index in [0.717, 1.165) is 0 Å². The average molecular weight is 224 g/mol. The minimum atomic E-state index is -0.0946. The van der Waals surface area contributed by atoms with Crippen LogP contribution in [0.15, 0.2) is 9.62 Å². The van der Waals surface area contributed by atoms with Crippen molar-refractivity contribution < 1.29 is 14.1 Å². The molecular formula is C9H12N4O3. The zero-order valence-electron chi connectivity index (χ0n) is 8.89. The number of amides is 1. The molecule has 1 aromatic rings. The van der Waals surface area contributed by atoms with E-state index in [1.54, 1.807) is 7.11 Å². The lowest BCUT2D eigenvalue weighted by molar-refractivity contribution is -0.121. The van der Waals surface area contributed by atoms with Crippen LogP contribution in [0, 0.1) is 0 Å². The van der Waals surface area contributed by atoms with Crippen LogP contribution in [0.4, 0.5) is 0 Å². The molecule has 0 fully saturated rings. The van der Waals surface area contributed by atoms with Crippen LogP contribution in [0.25, 0.3) is 0 Å². The molecule has 0 spiro atoms. The lowest BCUT2D eigenvalue weighted by Gasteiger charge is -2.07. The van der Waals surface area contributed by atoms with Crippen LogP contribution in [-0.4, -0.2) is 35.5 Å². The molecule has 2 rings (SSSR count). The molecule has 0 unspecified atom stereocenters. The molecular weight excluding hydrogens is 212 g/mol. The first-order valence-corrected chi connectivity index (χ1v) is 4.97. The van der Waals surface area contributed by atoms with Gasteiger partial charge in [-0.1, -0.05) is 5.16 Å². The molecule has 0 bridgehead atoms. The molecule has 1 aliphatic rings. The third-order valence-electron chi connectivity index (χ3n) is 2.15. The summed E-state index contributed by atoms with van der Waals surface area (Å²) in [7, 11) is 1.61. The number of hydrazone groups is 1. The second-order valence-electron chi connectivity index (χ2n) is 3.35. The maximum atomic E-state index is 10.9. The smallest absolute Gasteiger partial charge is 0.274 e. The van der Waals surface area contributed by atoms with Gasteiger partial charge in [0.1, 0.15) is 5.71 Å². The molecule has 16 heavy (non-hydrogen) atoms. The number of nitrogens with zero attached hydrogens (tertiary/aromatic N) is 3. The van der Waals surface area contributed by atoms with E-state index in [4.69, 9.17) is 9.26 Å². The van der Waals surface area contributed by atoms with Gasteiger partial charge in [0.15, 0.2) is 5.82 Å². The highest BCUT2D eigenvalue weighted by Crippen LogP contribution is 2.08. The topological polar surface area (TPSA) is 89.6 Å². The van der Waals surface area contributed by atoms with Crippen LogP contribution in [0.5, 0.6) is 0 Å². The van der Waals surface area contributed by atoms with E-state index < -0.39 is 0 Å². The fraction of sp³-hybridized carbons (Fsp3) is 0.556. The van der Waals surface area contributed by atoms with Gasteiger partial charge in [-0.05, 0) is 0 Å². The molecule has 86 valence electrons. The van der Waals surface area contributed by atoms with Gasteiger partial charge in [-0.25, -0.2) is 5.43 Å². The lowest BCUT2D eigenvalue weighted by Crippen LogP contribution is -2.26. The fourth-order valence-corrected chi connectivity index (χ4v) is 1.29. The summed E-state index contributed by atoms with van der Waals surface area (Å²) in [4.78, 5) is 15.0. The summed E-state index contributed by atoms with van der Waals surface area (Å²) in [6.45, 7) is 0.544. The summed E-state index contributed by atoms with van der Waals surface area (Å²) in [5.41, 5.74) is 3.00. The van der Waals surface area contributed by atoms with E-state index in [9.17, 15) is 4.79 Å². The zero-order chi connectivity index (χ0) is 11.4. The number of hydrogen-bond donors (Lipinski definition) is 1. The Hall–Kier alpha value is -1.76. The SMILES string of the molecule is COCCc1noc(C2=NNC(=O)CC2)n1. The number of rotatable bonds is 4. The van der Waals surface area contributed by atoms with Crippen molar-refractivity contribution in [2.45, 2.75) is 19.3 Å². The van der Waals surface area contributed by atoms with Crippen LogP contribution in [0.3, 0.4) is 0 Å². The van der Waals surface area contributed by atoms with E-state index in [2.05, 4.69) is 20.7 Å². The second-order valence-corrected chi connectivity index (χ2v) is 3.35. The van der Waals surface area contributed by atoms with Crippen LogP contribution >= 0.6 is 0 Å². The Morgan fingerprint density at radius 1 is 1.50 bits per heavy atom. The normalized spacial score (nSPS) is 15.8. The van der Waals surface area contributed by atoms with Gasteiger partial charge in [-0.3, -0.25) is 4.79 Å². The average Bonchev–Trinajstić information content (AvgIpc) is 2.76. The third kappa shape index (κ3) is 2.43. The van der Waals surface area contributed by atoms with Crippen molar-refractivity contribution in [2.75, 3.05) is 13.7 Å². The number of carbonyl (C=O) groups excluding carboxylic acids is 1. The standard InChI is InChI=1S/C9H12N4O3/c1-15-5-4-7-10-9(16-13-7)6-2-3-8(14)12-11-6/h2-5H2,1H3,(H,12,14). The maximum Gasteiger partial charge on any atom is 0.274 e. The molecule has 0 aromatic carbocycles. The van der Waals surface area contributed by atoms with Crippen molar-refractivity contribution in [3.8, 4) is 0 Å². The monoisotopic (exact) mass is 224 g/mol. The van der Waals surface area contributed by atoms with Crippen LogP contribution in [-0.2, 0) is 16.0 Å². The van der Waals surface area contributed by atoms with Gasteiger partial charge in [-0.15, -0.1) is 0 Å². The lowest BCUT2D eigenvalue weighted by atomic mass is 10.2. The first-order valence-electron chi connectivity index (χ1n) is 4.97. The summed E-state index contributed by atoms with van der Waals surface area (Å²) in [6, 6.07) is 0. The molecule has 0 atom stereocenters. The number of aromatic nitrogens is 2. The van der Waals surface area contributed by atoms with E-state index in [1.165, 1.54) is 0 Å². The third-order valence-corrected chi connectivity index (χ3v) is 2.15. The van der Waals surface area contributed by atoms with Gasteiger partial charge in [-0.2, -0.15) is 10.1 Å². The minimum absolute atomic E-state index is 0.0946. The van der Waals surface area contributed by atoms with Crippen LogP contribution < -0.4 is 5.43 Å². The molecule has 1 amide bonds. The Morgan fingerprint density at radius 2 is 2.38 bits per heavy atom. The Labute approximate surface area is 91.9 Å². The number of methoxy groups -OCH3 is 1. The molecule has 0 saturated heterocycles. The predicted octanol–water partition coefficient (Wildman–Crippen LogP) is -0.127. The van der Waals surface area contributed by atoms with Gasteiger partial charge < -0.3 is 9.26 Å². The first-order chi connectivity index (χ1) is 7.79. The number of hydrogen-bond acceptors (Lipinski definition) is 6. The summed E-state index contributed by atoms with van der Waals surface area (Å²) in [5.74, 6) is 0.852. The van der Waals surface area contributed by atoms with Crippen molar-refractivity contribution in [3.63, 3.8) is 0 Å². The predicted molar refractivity (Wildman–Crippen MR) is 53.8 cm³/mol. The Morgan fingerprint density at radius 3 is 3.06 bits per heavy atom. The maximum absolute atomic E-state index is 10.9. The molecule has 2 heterocycles. The quantitative estimate of drug-likeness (QED) is 0.769. The summed E-state index contributed by atoms with van der Waals surface area (Å²) in [5, 5.41) is 7.65. The van der Waals surface area contributed by atoms with Crippen LogP contribution in [0.2, 0.25) is 0 Å². The van der Waals surface area contributed by atoms with Gasteiger partial charge in [0.2, 0.25) is 5.91 Å². The van der Waals surface area contributed by atoms with Gasteiger partial charge in [0.25, 0.3) is 5.89 Å². The second kappa shape index (κ2) is 4.84. The Balaban J connectivity index is 2.04. The van der Waals surface area contributed by atoms with Gasteiger partial charge >= 0.3 is 0 Å². The molecule has 1 N–H and O–H groups in total. The van der Waals surface area contributed by atoms with Crippen molar-refractivity contribution in [2.24, 2.45) is 5.10 Å². The van der Waals surface area contributed by atoms with Gasteiger partial charge in [0, 0.05) is 26.4 Å². The fourth-order valence-electron chi connectivity index (χ4n) is 1.29. The Bertz CT molecular complexity index is 413. The zero-order valence-corrected chi connectivity index (χ0v) is 8.89. The highest BCUT2D eigenvalue weighted by molar-refractivity contribution is 6.00. The molecule has 1 aliphatic heterocycles. The van der Waals surface area contributed by atoms with Crippen molar-refractivity contribution in [3.05, 3.63) is 11.7 Å². The van der Waals surface area contributed by atoms with E-state index in [1.807, 2.05) is 0 Å². The molecule has 0 saturated carbocycles. The Kier molecular flexibility index (Phi) is 3.25. The molecule has 7 nitrogen and oxygen atoms in total. The van der Waals surface area contributed by atoms with Crippen LogP contribution in [0.1, 0.15) is 24.6 Å². The number of carbonyl (C=O) groups is 1. The number of ether oxygens (including phenoxy) is 1. The number of nitrogens with one attached hydrogen (secondary N) is 1. The van der Waals surface area contributed by atoms with E-state index >= 15 is 0 Å². The summed E-state index contributed by atoms with van der Waals surface area (Å²) < 4.78 is 9.94. The van der Waals surface area contributed by atoms with Crippen molar-refractivity contribution in [1.29, 1.82) is 0 Å². The van der Waals surface area contributed by atoms with E-state index in [0.29, 0.717) is 43.3 Å². The first kappa shape index (κ1) is 10.7. The highest BCUT2D eigenvalue weighted by atomic mass is 16.5. The molecule has 7 heteroatoms. The van der Waals surface area contributed by atoms with Gasteiger partial charge in [0.05, 0.1) is 6.61 Å². The molecule has 0 radical (unpaired) electrons. The van der Waals surface area contributed by atoms with Crippen molar-refractivity contribution >= 4 is 11.6 Å². The minimum Gasteiger partial charge on any atom is -0.384 e. The highest BCUT2D eigenvalue weighted by Gasteiger charge is 2.18. The molecule has 0 aliphatic carbocycles. The summed E-state index contributed by atoms with van der Waals surface area (Å²) in [6.07, 6.45) is 1.52. The van der Waals surface area contributed by atoms with Crippen molar-refractivity contribution in [1.82, 2.24) is 15.6 Å². The molecule has 1 aromatic heterocycles.